The van der Waals surface area contributed by atoms with Crippen LogP contribution in [0, 0.1) is 17.8 Å². The van der Waals surface area contributed by atoms with Crippen molar-refractivity contribution in [2.75, 3.05) is 0 Å². The smallest absolute Gasteiger partial charge is 0.0543 e. The Labute approximate surface area is 95.3 Å². The molecule has 1 aliphatic carbocycles. The Morgan fingerprint density at radius 1 is 1.07 bits per heavy atom. The molecule has 0 saturated heterocycles. The molecule has 1 fully saturated rings. The molecule has 1 N–H and O–H groups in total. The van der Waals surface area contributed by atoms with E-state index in [0.29, 0.717) is 0 Å². The van der Waals surface area contributed by atoms with E-state index in [1.165, 1.54) is 32.1 Å². The van der Waals surface area contributed by atoms with Crippen LogP contribution in [0.4, 0.5) is 0 Å². The predicted octanol–water partition coefficient (Wildman–Crippen LogP) is 4.00. The molecule has 3 atom stereocenters. The second kappa shape index (κ2) is 6.52. The molecule has 90 valence electrons. The highest BCUT2D eigenvalue weighted by Gasteiger charge is 2.29. The molecule has 0 heterocycles. The first-order valence-electron chi connectivity index (χ1n) is 6.89. The maximum atomic E-state index is 9.75. The molecule has 15 heavy (non-hydrogen) atoms. The van der Waals surface area contributed by atoms with Crippen LogP contribution in [0.5, 0.6) is 0 Å². The van der Waals surface area contributed by atoms with E-state index in [1.54, 1.807) is 0 Å². The third kappa shape index (κ3) is 3.79. The van der Waals surface area contributed by atoms with Crippen LogP contribution in [0.2, 0.25) is 0 Å². The molecule has 1 aliphatic rings. The Balaban J connectivity index is 2.47. The van der Waals surface area contributed by atoms with E-state index >= 15 is 0 Å². The Bertz CT molecular complexity index is 163. The van der Waals surface area contributed by atoms with Crippen molar-refractivity contribution in [3.63, 3.8) is 0 Å². The summed E-state index contributed by atoms with van der Waals surface area (Å²) in [6.45, 7) is 6.91. The zero-order valence-corrected chi connectivity index (χ0v) is 10.7. The van der Waals surface area contributed by atoms with Crippen molar-refractivity contribution >= 4 is 0 Å². The van der Waals surface area contributed by atoms with Crippen molar-refractivity contribution in [3.05, 3.63) is 0 Å². The number of hydrogen-bond donors (Lipinski definition) is 1. The van der Waals surface area contributed by atoms with Crippen LogP contribution < -0.4 is 0 Å². The first kappa shape index (κ1) is 13.0. The Hall–Kier alpha value is -0.0400. The molecule has 0 aromatic carbocycles. The molecule has 0 radical (unpaired) electrons. The molecule has 1 saturated carbocycles. The highest BCUT2D eigenvalue weighted by molar-refractivity contribution is 4.80. The predicted molar refractivity (Wildman–Crippen MR) is 65.8 cm³/mol. The van der Waals surface area contributed by atoms with E-state index in [2.05, 4.69) is 20.8 Å². The lowest BCUT2D eigenvalue weighted by molar-refractivity contribution is 0.0558. The van der Waals surface area contributed by atoms with E-state index in [9.17, 15) is 5.11 Å². The van der Waals surface area contributed by atoms with Gasteiger partial charge < -0.3 is 5.11 Å². The van der Waals surface area contributed by atoms with Gasteiger partial charge >= 0.3 is 0 Å². The minimum absolute atomic E-state index is 0.00726. The molecule has 0 amide bonds. The number of rotatable bonds is 5. The van der Waals surface area contributed by atoms with Crippen molar-refractivity contribution in [3.8, 4) is 0 Å². The van der Waals surface area contributed by atoms with E-state index in [1.807, 2.05) is 0 Å². The van der Waals surface area contributed by atoms with Crippen LogP contribution in [-0.4, -0.2) is 11.2 Å². The van der Waals surface area contributed by atoms with Gasteiger partial charge in [-0.05, 0) is 43.4 Å². The number of aliphatic hydroxyl groups excluding tert-OH is 1. The first-order valence-corrected chi connectivity index (χ1v) is 6.89. The van der Waals surface area contributed by atoms with E-state index in [0.717, 1.165) is 30.6 Å². The van der Waals surface area contributed by atoms with Crippen LogP contribution in [0.25, 0.3) is 0 Å². The number of hydrogen-bond acceptors (Lipinski definition) is 1. The van der Waals surface area contributed by atoms with Crippen LogP contribution in [0.15, 0.2) is 0 Å². The average Bonchev–Trinajstić information content (AvgIpc) is 2.26. The van der Waals surface area contributed by atoms with Crippen molar-refractivity contribution < 1.29 is 5.11 Å². The van der Waals surface area contributed by atoms with E-state index < -0.39 is 0 Å². The largest absolute Gasteiger partial charge is 0.393 e. The minimum atomic E-state index is -0.00726. The molecule has 0 aromatic heterocycles. The van der Waals surface area contributed by atoms with Gasteiger partial charge in [0.05, 0.1) is 6.10 Å². The monoisotopic (exact) mass is 212 g/mol. The lowest BCUT2D eigenvalue weighted by atomic mass is 9.72. The summed E-state index contributed by atoms with van der Waals surface area (Å²) in [5.41, 5.74) is 0. The summed E-state index contributed by atoms with van der Waals surface area (Å²) in [6, 6.07) is 0. The molecule has 0 spiro atoms. The molecule has 0 aliphatic heterocycles. The van der Waals surface area contributed by atoms with Gasteiger partial charge in [0.15, 0.2) is 0 Å². The molecule has 0 aromatic rings. The van der Waals surface area contributed by atoms with Gasteiger partial charge in [-0.15, -0.1) is 0 Å². The summed E-state index contributed by atoms with van der Waals surface area (Å²) < 4.78 is 0. The van der Waals surface area contributed by atoms with Gasteiger partial charge in [-0.3, -0.25) is 0 Å². The molecule has 1 rings (SSSR count). The quantitative estimate of drug-likeness (QED) is 0.730. The van der Waals surface area contributed by atoms with Crippen LogP contribution in [0.3, 0.4) is 0 Å². The standard InChI is InChI=1S/C14H28O/c1-4-11(5-2)9-13-10-14(15)8-7-12(13)6-3/h11-15H,4-10H2,1-3H3/t12-,13?,14?/m0/s1. The molecular formula is C14H28O. The van der Waals surface area contributed by atoms with Crippen molar-refractivity contribution in [2.45, 2.75) is 71.8 Å². The normalized spacial score (nSPS) is 32.2. The van der Waals surface area contributed by atoms with Crippen LogP contribution in [0.1, 0.15) is 65.7 Å². The van der Waals surface area contributed by atoms with Gasteiger partial charge in [0.1, 0.15) is 0 Å². The van der Waals surface area contributed by atoms with Gasteiger partial charge in [0.25, 0.3) is 0 Å². The summed E-state index contributed by atoms with van der Waals surface area (Å²) in [6.07, 6.45) is 8.61. The topological polar surface area (TPSA) is 20.2 Å². The number of aliphatic hydroxyl groups is 1. The van der Waals surface area contributed by atoms with Gasteiger partial charge in [0.2, 0.25) is 0 Å². The van der Waals surface area contributed by atoms with Gasteiger partial charge in [-0.1, -0.05) is 40.0 Å². The van der Waals surface area contributed by atoms with Crippen molar-refractivity contribution in [2.24, 2.45) is 17.8 Å². The lowest BCUT2D eigenvalue weighted by Gasteiger charge is -2.35. The molecule has 0 bridgehead atoms. The third-order valence-electron chi connectivity index (χ3n) is 4.43. The van der Waals surface area contributed by atoms with Gasteiger partial charge in [-0.25, -0.2) is 0 Å². The fourth-order valence-electron chi connectivity index (χ4n) is 3.18. The summed E-state index contributed by atoms with van der Waals surface area (Å²) in [5, 5.41) is 9.75. The maximum absolute atomic E-state index is 9.75. The molecular weight excluding hydrogens is 184 g/mol. The van der Waals surface area contributed by atoms with Crippen LogP contribution in [-0.2, 0) is 0 Å². The Morgan fingerprint density at radius 2 is 1.73 bits per heavy atom. The Morgan fingerprint density at radius 3 is 2.27 bits per heavy atom. The van der Waals surface area contributed by atoms with Crippen molar-refractivity contribution in [1.82, 2.24) is 0 Å². The highest BCUT2D eigenvalue weighted by Crippen LogP contribution is 2.37. The minimum Gasteiger partial charge on any atom is -0.393 e. The van der Waals surface area contributed by atoms with Crippen molar-refractivity contribution in [1.29, 1.82) is 0 Å². The van der Waals surface area contributed by atoms with Gasteiger partial charge in [0, 0.05) is 0 Å². The molecule has 1 nitrogen and oxygen atoms in total. The van der Waals surface area contributed by atoms with Crippen LogP contribution >= 0.6 is 0 Å². The summed E-state index contributed by atoms with van der Waals surface area (Å²) >= 11 is 0. The second-order valence-corrected chi connectivity index (χ2v) is 5.31. The third-order valence-corrected chi connectivity index (χ3v) is 4.43. The average molecular weight is 212 g/mol. The zero-order chi connectivity index (χ0) is 11.3. The zero-order valence-electron chi connectivity index (χ0n) is 10.7. The fraction of sp³-hybridized carbons (Fsp3) is 1.00. The maximum Gasteiger partial charge on any atom is 0.0543 e. The SMILES string of the molecule is CCC(CC)CC1CC(O)CC[C@@H]1CC. The fourth-order valence-corrected chi connectivity index (χ4v) is 3.18. The summed E-state index contributed by atoms with van der Waals surface area (Å²) in [7, 11) is 0. The summed E-state index contributed by atoms with van der Waals surface area (Å²) in [4.78, 5) is 0. The second-order valence-electron chi connectivity index (χ2n) is 5.31. The lowest BCUT2D eigenvalue weighted by Crippen LogP contribution is -2.29. The molecule has 1 heteroatoms. The van der Waals surface area contributed by atoms with E-state index in [-0.39, 0.29) is 6.10 Å². The Kier molecular flexibility index (Phi) is 5.66. The van der Waals surface area contributed by atoms with Gasteiger partial charge in [-0.2, -0.15) is 0 Å². The highest BCUT2D eigenvalue weighted by atomic mass is 16.3. The van der Waals surface area contributed by atoms with E-state index in [4.69, 9.17) is 0 Å². The molecule has 2 unspecified atom stereocenters. The first-order chi connectivity index (χ1) is 7.21. The summed E-state index contributed by atoms with van der Waals surface area (Å²) in [5.74, 6) is 2.56.